The summed E-state index contributed by atoms with van der Waals surface area (Å²) in [6, 6.07) is 16.8. The van der Waals surface area contributed by atoms with Gasteiger partial charge in [0.25, 0.3) is 0 Å². The molecule has 0 fully saturated rings. The Balaban J connectivity index is 0.00000117. The molecule has 1 aliphatic heterocycles. The van der Waals surface area contributed by atoms with Crippen LogP contribution in [0.3, 0.4) is 0 Å². The standard InChI is InChI=1S/C19H17N3O2.CH4O/c1-21-17(13-23)11-19(15-5-3-14(12-20)4-6-15)22(21)16-7-9-18(24-2)10-8-16;1-2/h3-11,13,17H,1-2H3;2H,1H3. The molecule has 0 aromatic heterocycles. The van der Waals surface area contributed by atoms with Crippen molar-refractivity contribution in [3.63, 3.8) is 0 Å². The van der Waals surface area contributed by atoms with Crippen molar-refractivity contribution in [3.05, 3.63) is 65.7 Å². The SMILES string of the molecule is CO.COc1ccc(N2C(c3ccc(C#N)cc3)=CC(C=O)N2C)cc1. The van der Waals surface area contributed by atoms with E-state index in [1.54, 1.807) is 19.2 Å². The number of hydrogen-bond acceptors (Lipinski definition) is 6. The summed E-state index contributed by atoms with van der Waals surface area (Å²) in [4.78, 5) is 11.4. The first-order valence-corrected chi connectivity index (χ1v) is 7.97. The quantitative estimate of drug-likeness (QED) is 0.853. The molecule has 0 saturated heterocycles. The predicted octanol–water partition coefficient (Wildman–Crippen LogP) is 2.45. The smallest absolute Gasteiger partial charge is 0.142 e. The molecule has 1 unspecified atom stereocenters. The number of aliphatic hydroxyl groups is 1. The second-order valence-corrected chi connectivity index (χ2v) is 5.45. The minimum atomic E-state index is -0.335. The Morgan fingerprint density at radius 1 is 1.12 bits per heavy atom. The van der Waals surface area contributed by atoms with Crippen molar-refractivity contribution in [1.82, 2.24) is 5.01 Å². The topological polar surface area (TPSA) is 76.8 Å². The van der Waals surface area contributed by atoms with Gasteiger partial charge in [-0.2, -0.15) is 5.26 Å². The second-order valence-electron chi connectivity index (χ2n) is 5.45. The number of aliphatic hydroxyl groups excluding tert-OH is 1. The van der Waals surface area contributed by atoms with Gasteiger partial charge in [-0.15, -0.1) is 0 Å². The first-order chi connectivity index (χ1) is 12.7. The van der Waals surface area contributed by atoms with Gasteiger partial charge in [-0.05, 0) is 48.0 Å². The molecule has 0 amide bonds. The van der Waals surface area contributed by atoms with Crippen molar-refractivity contribution < 1.29 is 14.6 Å². The lowest BCUT2D eigenvalue weighted by molar-refractivity contribution is -0.110. The molecule has 2 aromatic rings. The van der Waals surface area contributed by atoms with Gasteiger partial charge >= 0.3 is 0 Å². The Hall–Kier alpha value is -3.14. The van der Waals surface area contributed by atoms with Gasteiger partial charge in [-0.25, -0.2) is 5.01 Å². The normalized spacial score (nSPS) is 16.2. The molecule has 2 aromatic carbocycles. The number of carbonyl (C=O) groups excluding carboxylic acids is 1. The van der Waals surface area contributed by atoms with Gasteiger partial charge in [-0.3, -0.25) is 5.01 Å². The Morgan fingerprint density at radius 3 is 2.23 bits per heavy atom. The fraction of sp³-hybridized carbons (Fsp3) is 0.200. The number of benzene rings is 2. The summed E-state index contributed by atoms with van der Waals surface area (Å²) in [6.45, 7) is 0. The molecule has 6 heteroatoms. The first-order valence-electron chi connectivity index (χ1n) is 7.97. The Bertz CT molecular complexity index is 808. The molecule has 1 aliphatic rings. The minimum absolute atomic E-state index is 0.335. The maximum absolute atomic E-state index is 11.4. The predicted molar refractivity (Wildman–Crippen MR) is 100 cm³/mol. The minimum Gasteiger partial charge on any atom is -0.497 e. The molecular formula is C20H21N3O3. The third kappa shape index (κ3) is 3.75. The van der Waals surface area contributed by atoms with Gasteiger partial charge in [-0.1, -0.05) is 12.1 Å². The van der Waals surface area contributed by atoms with Crippen LogP contribution in [0.4, 0.5) is 5.69 Å². The van der Waals surface area contributed by atoms with E-state index in [4.69, 9.17) is 15.1 Å². The second kappa shape index (κ2) is 8.81. The van der Waals surface area contributed by atoms with E-state index in [0.717, 1.165) is 36.1 Å². The molecule has 0 bridgehead atoms. The number of methoxy groups -OCH3 is 1. The molecule has 134 valence electrons. The van der Waals surface area contributed by atoms with Gasteiger partial charge in [0.1, 0.15) is 18.1 Å². The van der Waals surface area contributed by atoms with E-state index < -0.39 is 0 Å². The van der Waals surface area contributed by atoms with Crippen LogP contribution < -0.4 is 9.75 Å². The molecule has 0 aliphatic carbocycles. The highest BCUT2D eigenvalue weighted by Gasteiger charge is 2.30. The van der Waals surface area contributed by atoms with Gasteiger partial charge in [0, 0.05) is 14.2 Å². The number of carbonyl (C=O) groups is 1. The van der Waals surface area contributed by atoms with Crippen molar-refractivity contribution in [1.29, 1.82) is 5.26 Å². The fourth-order valence-electron chi connectivity index (χ4n) is 2.75. The van der Waals surface area contributed by atoms with Gasteiger partial charge in [0.15, 0.2) is 0 Å². The van der Waals surface area contributed by atoms with Crippen LogP contribution in [0.1, 0.15) is 11.1 Å². The molecule has 1 heterocycles. The average Bonchev–Trinajstić information content (AvgIpc) is 3.06. The maximum Gasteiger partial charge on any atom is 0.142 e. The zero-order valence-electron chi connectivity index (χ0n) is 15.0. The molecule has 0 saturated carbocycles. The van der Waals surface area contributed by atoms with Crippen LogP contribution in [0.15, 0.2) is 54.6 Å². The number of aldehydes is 1. The number of ether oxygens (including phenoxy) is 1. The van der Waals surface area contributed by atoms with Gasteiger partial charge in [0.05, 0.1) is 30.1 Å². The lowest BCUT2D eigenvalue weighted by Crippen LogP contribution is -2.39. The molecular weight excluding hydrogens is 330 g/mol. The van der Waals surface area contributed by atoms with E-state index in [1.807, 2.05) is 59.5 Å². The summed E-state index contributed by atoms with van der Waals surface area (Å²) in [5.41, 5.74) is 3.39. The average molecular weight is 351 g/mol. The van der Waals surface area contributed by atoms with E-state index in [1.165, 1.54) is 0 Å². The van der Waals surface area contributed by atoms with Crippen molar-refractivity contribution in [2.45, 2.75) is 6.04 Å². The van der Waals surface area contributed by atoms with Crippen molar-refractivity contribution >= 4 is 17.7 Å². The molecule has 0 radical (unpaired) electrons. The number of hydrazine groups is 1. The van der Waals surface area contributed by atoms with E-state index >= 15 is 0 Å². The third-order valence-electron chi connectivity index (χ3n) is 4.07. The number of likely N-dealkylation sites (N-methyl/N-ethyl adjacent to an activating group) is 1. The fourth-order valence-corrected chi connectivity index (χ4v) is 2.75. The molecule has 26 heavy (non-hydrogen) atoms. The van der Waals surface area contributed by atoms with Crippen LogP contribution in [0.5, 0.6) is 5.75 Å². The Labute approximate surface area is 153 Å². The number of nitrogens with zero attached hydrogens (tertiary/aromatic N) is 3. The van der Waals surface area contributed by atoms with Gasteiger partial charge in [0.2, 0.25) is 0 Å². The van der Waals surface area contributed by atoms with Crippen LogP contribution in [-0.4, -0.2) is 43.7 Å². The van der Waals surface area contributed by atoms with Crippen LogP contribution in [-0.2, 0) is 4.79 Å². The van der Waals surface area contributed by atoms with Crippen molar-refractivity contribution in [3.8, 4) is 11.8 Å². The monoisotopic (exact) mass is 351 g/mol. The first kappa shape index (κ1) is 19.2. The highest BCUT2D eigenvalue weighted by molar-refractivity contribution is 5.85. The molecule has 1 N–H and O–H groups in total. The number of anilines is 1. The largest absolute Gasteiger partial charge is 0.497 e. The number of hydrogen-bond donors (Lipinski definition) is 1. The zero-order valence-corrected chi connectivity index (χ0v) is 15.0. The Kier molecular flexibility index (Phi) is 6.50. The number of rotatable bonds is 4. The Morgan fingerprint density at radius 2 is 1.73 bits per heavy atom. The summed E-state index contributed by atoms with van der Waals surface area (Å²) >= 11 is 0. The van der Waals surface area contributed by atoms with Crippen LogP contribution in [0.2, 0.25) is 0 Å². The highest BCUT2D eigenvalue weighted by Crippen LogP contribution is 2.34. The van der Waals surface area contributed by atoms with E-state index in [0.29, 0.717) is 5.56 Å². The molecule has 6 nitrogen and oxygen atoms in total. The van der Waals surface area contributed by atoms with E-state index in [-0.39, 0.29) is 6.04 Å². The summed E-state index contributed by atoms with van der Waals surface area (Å²) in [5, 5.41) is 19.8. The lowest BCUT2D eigenvalue weighted by Gasteiger charge is -2.31. The highest BCUT2D eigenvalue weighted by atomic mass is 16.5. The van der Waals surface area contributed by atoms with Crippen LogP contribution in [0, 0.1) is 11.3 Å². The summed E-state index contributed by atoms with van der Waals surface area (Å²) in [6.07, 6.45) is 2.83. The summed E-state index contributed by atoms with van der Waals surface area (Å²) in [7, 11) is 4.50. The summed E-state index contributed by atoms with van der Waals surface area (Å²) < 4.78 is 5.20. The van der Waals surface area contributed by atoms with Gasteiger partial charge < -0.3 is 14.6 Å². The lowest BCUT2D eigenvalue weighted by atomic mass is 10.1. The molecule has 1 atom stereocenters. The molecule has 3 rings (SSSR count). The van der Waals surface area contributed by atoms with Crippen LogP contribution >= 0.6 is 0 Å². The van der Waals surface area contributed by atoms with Crippen LogP contribution in [0.25, 0.3) is 5.70 Å². The van der Waals surface area contributed by atoms with E-state index in [2.05, 4.69) is 6.07 Å². The zero-order chi connectivity index (χ0) is 19.1. The van der Waals surface area contributed by atoms with Crippen molar-refractivity contribution in [2.75, 3.05) is 26.3 Å². The van der Waals surface area contributed by atoms with E-state index in [9.17, 15) is 4.79 Å². The third-order valence-corrected chi connectivity index (χ3v) is 4.07. The molecule has 0 spiro atoms. The van der Waals surface area contributed by atoms with Crippen molar-refractivity contribution in [2.24, 2.45) is 0 Å². The maximum atomic E-state index is 11.4. The number of nitriles is 1. The summed E-state index contributed by atoms with van der Waals surface area (Å²) in [5.74, 6) is 0.774.